The van der Waals surface area contributed by atoms with Gasteiger partial charge in [-0.15, -0.1) is 0 Å². The van der Waals surface area contributed by atoms with Crippen molar-refractivity contribution < 1.29 is 19.0 Å². The van der Waals surface area contributed by atoms with E-state index in [9.17, 15) is 10.1 Å². The van der Waals surface area contributed by atoms with Crippen LogP contribution >= 0.6 is 0 Å². The number of benzene rings is 2. The van der Waals surface area contributed by atoms with E-state index in [0.717, 1.165) is 54.9 Å². The number of rotatable bonds is 9. The van der Waals surface area contributed by atoms with Crippen LogP contribution in [0.15, 0.2) is 53.9 Å². The molecule has 1 aliphatic carbocycles. The van der Waals surface area contributed by atoms with Crippen LogP contribution in [0.4, 0.5) is 0 Å². The molecule has 1 atom stereocenters. The monoisotopic (exact) mass is 488 g/mol. The molecule has 6 heteroatoms. The Labute approximate surface area is 214 Å². The molecular formula is C30H36N2O4. The zero-order valence-electron chi connectivity index (χ0n) is 21.3. The molecule has 0 radical (unpaired) electrons. The summed E-state index contributed by atoms with van der Waals surface area (Å²) in [6.45, 7) is 4.89. The highest BCUT2D eigenvalue weighted by atomic mass is 16.5. The van der Waals surface area contributed by atoms with Crippen LogP contribution in [0.1, 0.15) is 82.3 Å². The van der Waals surface area contributed by atoms with Crippen molar-refractivity contribution in [2.75, 3.05) is 6.61 Å². The lowest BCUT2D eigenvalue weighted by Gasteiger charge is -2.28. The van der Waals surface area contributed by atoms with Crippen molar-refractivity contribution in [1.82, 2.24) is 0 Å². The molecule has 2 aromatic rings. The van der Waals surface area contributed by atoms with Gasteiger partial charge in [0.05, 0.1) is 18.4 Å². The Balaban J connectivity index is 1.51. The highest BCUT2D eigenvalue weighted by Gasteiger charge is 2.32. The molecule has 1 aliphatic heterocycles. The standard InChI is InChI=1S/C30H36N2O4/c1-3-5-7-20-10-12-21(13-11-20)30(33)35-24-14-15-25-27(18-24)36-29(32)26(19-31)28(25)22-8-6-9-23(17-22)34-16-4-2/h6,8-9,14-15,17-18,20-21,28H,3-5,7,10-13,16,32H2,1-2H3. The van der Waals surface area contributed by atoms with E-state index in [4.69, 9.17) is 19.9 Å². The number of nitriles is 1. The molecular weight excluding hydrogens is 452 g/mol. The fraction of sp³-hybridized carbons (Fsp3) is 0.467. The summed E-state index contributed by atoms with van der Waals surface area (Å²) in [5, 5.41) is 9.85. The number of carbonyl (C=O) groups excluding carboxylic acids is 1. The van der Waals surface area contributed by atoms with E-state index in [1.54, 1.807) is 12.1 Å². The lowest BCUT2D eigenvalue weighted by atomic mass is 9.80. The fourth-order valence-corrected chi connectivity index (χ4v) is 5.23. The Hall–Kier alpha value is -3.46. The molecule has 1 heterocycles. The number of hydrogen-bond acceptors (Lipinski definition) is 6. The Morgan fingerprint density at radius 3 is 2.61 bits per heavy atom. The molecule has 4 rings (SSSR count). The highest BCUT2D eigenvalue weighted by Crippen LogP contribution is 2.44. The third kappa shape index (κ3) is 5.84. The van der Waals surface area contributed by atoms with Crippen LogP contribution in [-0.2, 0) is 4.79 Å². The minimum Gasteiger partial charge on any atom is -0.494 e. The van der Waals surface area contributed by atoms with E-state index >= 15 is 0 Å². The first kappa shape index (κ1) is 25.6. The molecule has 0 bridgehead atoms. The fourth-order valence-electron chi connectivity index (χ4n) is 5.23. The third-order valence-corrected chi connectivity index (χ3v) is 7.22. The third-order valence-electron chi connectivity index (χ3n) is 7.22. The molecule has 0 amide bonds. The molecule has 2 aromatic carbocycles. The molecule has 0 saturated heterocycles. The molecule has 2 aliphatic rings. The lowest BCUT2D eigenvalue weighted by molar-refractivity contribution is -0.140. The molecule has 1 unspecified atom stereocenters. The maximum Gasteiger partial charge on any atom is 0.314 e. The lowest BCUT2D eigenvalue weighted by Crippen LogP contribution is -2.26. The summed E-state index contributed by atoms with van der Waals surface area (Å²) in [5.41, 5.74) is 8.19. The minimum atomic E-state index is -0.396. The van der Waals surface area contributed by atoms with Crippen molar-refractivity contribution >= 4 is 5.97 Å². The first-order valence-electron chi connectivity index (χ1n) is 13.2. The summed E-state index contributed by atoms with van der Waals surface area (Å²) in [7, 11) is 0. The van der Waals surface area contributed by atoms with Gasteiger partial charge in [-0.05, 0) is 61.8 Å². The molecule has 190 valence electrons. The summed E-state index contributed by atoms with van der Waals surface area (Å²) in [6.07, 6.45) is 8.59. The van der Waals surface area contributed by atoms with E-state index in [-0.39, 0.29) is 17.8 Å². The molecule has 1 saturated carbocycles. The highest BCUT2D eigenvalue weighted by molar-refractivity contribution is 5.75. The Kier molecular flexibility index (Phi) is 8.53. The van der Waals surface area contributed by atoms with Crippen LogP contribution in [0, 0.1) is 23.2 Å². The van der Waals surface area contributed by atoms with Crippen molar-refractivity contribution in [2.24, 2.45) is 17.6 Å². The summed E-state index contributed by atoms with van der Waals surface area (Å²) in [5.74, 6) is 1.82. The number of carbonyl (C=O) groups is 1. The van der Waals surface area contributed by atoms with Crippen LogP contribution in [0.5, 0.6) is 17.2 Å². The van der Waals surface area contributed by atoms with Crippen LogP contribution in [0.3, 0.4) is 0 Å². The second-order valence-corrected chi connectivity index (χ2v) is 9.83. The molecule has 0 spiro atoms. The molecule has 6 nitrogen and oxygen atoms in total. The molecule has 2 N–H and O–H groups in total. The first-order valence-corrected chi connectivity index (χ1v) is 13.2. The van der Waals surface area contributed by atoms with E-state index in [1.165, 1.54) is 19.3 Å². The van der Waals surface area contributed by atoms with E-state index in [1.807, 2.05) is 30.3 Å². The Bertz CT molecular complexity index is 1140. The predicted molar refractivity (Wildman–Crippen MR) is 139 cm³/mol. The molecule has 36 heavy (non-hydrogen) atoms. The van der Waals surface area contributed by atoms with Crippen LogP contribution in [0.2, 0.25) is 0 Å². The van der Waals surface area contributed by atoms with Crippen molar-refractivity contribution in [2.45, 2.75) is 71.1 Å². The average Bonchev–Trinajstić information content (AvgIpc) is 2.90. The van der Waals surface area contributed by atoms with Gasteiger partial charge in [0.1, 0.15) is 28.9 Å². The maximum atomic E-state index is 12.9. The van der Waals surface area contributed by atoms with Gasteiger partial charge in [-0.2, -0.15) is 5.26 Å². The number of esters is 1. The summed E-state index contributed by atoms with van der Waals surface area (Å²) in [6, 6.07) is 15.2. The Morgan fingerprint density at radius 2 is 1.89 bits per heavy atom. The smallest absolute Gasteiger partial charge is 0.314 e. The first-order chi connectivity index (χ1) is 17.5. The summed E-state index contributed by atoms with van der Waals surface area (Å²) < 4.78 is 17.4. The predicted octanol–water partition coefficient (Wildman–Crippen LogP) is 6.60. The molecule has 1 fully saturated rings. The van der Waals surface area contributed by atoms with Crippen LogP contribution in [0.25, 0.3) is 0 Å². The quantitative estimate of drug-likeness (QED) is 0.316. The van der Waals surface area contributed by atoms with Crippen molar-refractivity contribution in [3.05, 3.63) is 65.0 Å². The Morgan fingerprint density at radius 1 is 1.08 bits per heavy atom. The van der Waals surface area contributed by atoms with Gasteiger partial charge in [-0.25, -0.2) is 0 Å². The van der Waals surface area contributed by atoms with Gasteiger partial charge < -0.3 is 19.9 Å². The van der Waals surface area contributed by atoms with Gasteiger partial charge in [-0.3, -0.25) is 4.79 Å². The van der Waals surface area contributed by atoms with Gasteiger partial charge in [0, 0.05) is 11.6 Å². The van der Waals surface area contributed by atoms with Crippen molar-refractivity contribution in [1.29, 1.82) is 5.26 Å². The van der Waals surface area contributed by atoms with E-state index in [0.29, 0.717) is 23.7 Å². The van der Waals surface area contributed by atoms with E-state index in [2.05, 4.69) is 19.9 Å². The number of allylic oxidation sites excluding steroid dienone is 1. The zero-order valence-corrected chi connectivity index (χ0v) is 21.3. The van der Waals surface area contributed by atoms with Gasteiger partial charge in [0.15, 0.2) is 0 Å². The second kappa shape index (κ2) is 12.0. The normalized spacial score (nSPS) is 21.2. The van der Waals surface area contributed by atoms with Gasteiger partial charge in [-0.1, -0.05) is 51.3 Å². The zero-order chi connectivity index (χ0) is 25.5. The van der Waals surface area contributed by atoms with Crippen LogP contribution in [-0.4, -0.2) is 12.6 Å². The summed E-state index contributed by atoms with van der Waals surface area (Å²) >= 11 is 0. The maximum absolute atomic E-state index is 12.9. The number of fused-ring (bicyclic) bond motifs is 1. The van der Waals surface area contributed by atoms with Crippen LogP contribution < -0.4 is 19.9 Å². The molecule has 0 aromatic heterocycles. The number of ether oxygens (including phenoxy) is 3. The van der Waals surface area contributed by atoms with Gasteiger partial charge >= 0.3 is 5.97 Å². The van der Waals surface area contributed by atoms with Crippen molar-refractivity contribution in [3.63, 3.8) is 0 Å². The van der Waals surface area contributed by atoms with Gasteiger partial charge in [0.25, 0.3) is 0 Å². The SMILES string of the molecule is CCCCC1CCC(C(=O)Oc2ccc3c(c2)OC(N)=C(C#N)C3c2cccc(OCCC)c2)CC1. The average molecular weight is 489 g/mol. The summed E-state index contributed by atoms with van der Waals surface area (Å²) in [4.78, 5) is 12.9. The number of nitrogens with zero attached hydrogens (tertiary/aromatic N) is 1. The number of nitrogens with two attached hydrogens (primary N) is 1. The topological polar surface area (TPSA) is 94.6 Å². The number of unbranched alkanes of at least 4 members (excludes halogenated alkanes) is 1. The number of hydrogen-bond donors (Lipinski definition) is 1. The van der Waals surface area contributed by atoms with Gasteiger partial charge in [0.2, 0.25) is 5.88 Å². The van der Waals surface area contributed by atoms with E-state index < -0.39 is 5.92 Å². The minimum absolute atomic E-state index is 0.0590. The largest absolute Gasteiger partial charge is 0.494 e. The van der Waals surface area contributed by atoms with Crippen molar-refractivity contribution in [3.8, 4) is 23.3 Å². The second-order valence-electron chi connectivity index (χ2n) is 9.83.